The first-order valence-electron chi connectivity index (χ1n) is 8.86. The second-order valence-corrected chi connectivity index (χ2v) is 6.79. The summed E-state index contributed by atoms with van der Waals surface area (Å²) >= 11 is 0. The largest absolute Gasteiger partial charge is 0.465 e. The van der Waals surface area contributed by atoms with Gasteiger partial charge in [0, 0.05) is 25.9 Å². The van der Waals surface area contributed by atoms with Crippen molar-refractivity contribution < 1.29 is 24.2 Å². The molecule has 0 bridgehead atoms. The van der Waals surface area contributed by atoms with Crippen LogP contribution in [0.1, 0.15) is 31.7 Å². The van der Waals surface area contributed by atoms with Gasteiger partial charge in [0.05, 0.1) is 6.61 Å². The Kier molecular flexibility index (Phi) is 5.71. The van der Waals surface area contributed by atoms with E-state index in [1.54, 1.807) is 0 Å². The standard InChI is InChI=1S/C19H25NO5/c1-13(21)25-16-9-11-24-19(23)17(18(16)22)15-8-5-10-20(15)12-14-6-3-2-4-7-14/h2-4,6-7,15-18,22H,5,8-12H2,1H3/t15-,16+,17-,18-/m1/s1. The van der Waals surface area contributed by atoms with Gasteiger partial charge in [0.15, 0.2) is 0 Å². The molecule has 2 fully saturated rings. The Morgan fingerprint density at radius 2 is 2.08 bits per heavy atom. The Bertz CT molecular complexity index is 605. The van der Waals surface area contributed by atoms with E-state index in [0.29, 0.717) is 6.42 Å². The third kappa shape index (κ3) is 4.19. The number of cyclic esters (lactones) is 1. The molecule has 0 aliphatic carbocycles. The van der Waals surface area contributed by atoms with Crippen molar-refractivity contribution in [3.8, 4) is 0 Å². The summed E-state index contributed by atoms with van der Waals surface area (Å²) in [6, 6.07) is 9.95. The van der Waals surface area contributed by atoms with Crippen LogP contribution in [0.3, 0.4) is 0 Å². The van der Waals surface area contributed by atoms with Crippen LogP contribution >= 0.6 is 0 Å². The second kappa shape index (κ2) is 7.97. The van der Waals surface area contributed by atoms with Crippen molar-refractivity contribution in [2.24, 2.45) is 5.92 Å². The number of hydrogen-bond acceptors (Lipinski definition) is 6. The molecule has 0 amide bonds. The number of esters is 2. The Labute approximate surface area is 147 Å². The zero-order chi connectivity index (χ0) is 17.8. The molecular formula is C19H25NO5. The smallest absolute Gasteiger partial charge is 0.313 e. The molecular weight excluding hydrogens is 322 g/mol. The van der Waals surface area contributed by atoms with Gasteiger partial charge in [-0.3, -0.25) is 14.5 Å². The van der Waals surface area contributed by atoms with Crippen LogP contribution in [-0.4, -0.2) is 53.3 Å². The average Bonchev–Trinajstić information content (AvgIpc) is 2.97. The molecule has 1 aromatic rings. The fraction of sp³-hybridized carbons (Fsp3) is 0.579. The zero-order valence-electron chi connectivity index (χ0n) is 14.5. The molecule has 6 nitrogen and oxygen atoms in total. The maximum atomic E-state index is 12.5. The number of aliphatic hydroxyl groups is 1. The summed E-state index contributed by atoms with van der Waals surface area (Å²) in [6.07, 6.45) is 0.366. The molecule has 6 heteroatoms. The number of hydrogen-bond donors (Lipinski definition) is 1. The molecule has 4 atom stereocenters. The number of nitrogens with zero attached hydrogens (tertiary/aromatic N) is 1. The summed E-state index contributed by atoms with van der Waals surface area (Å²) in [4.78, 5) is 26.0. The predicted molar refractivity (Wildman–Crippen MR) is 90.5 cm³/mol. The van der Waals surface area contributed by atoms with Crippen LogP contribution in [0.25, 0.3) is 0 Å². The average molecular weight is 347 g/mol. The summed E-state index contributed by atoms with van der Waals surface area (Å²) in [5.74, 6) is -1.55. The minimum absolute atomic E-state index is 0.112. The summed E-state index contributed by atoms with van der Waals surface area (Å²) in [5, 5.41) is 10.8. The molecule has 2 heterocycles. The predicted octanol–water partition coefficient (Wildman–Crippen LogP) is 1.51. The van der Waals surface area contributed by atoms with Gasteiger partial charge in [-0.25, -0.2) is 0 Å². The number of rotatable bonds is 4. The fourth-order valence-electron chi connectivity index (χ4n) is 3.91. The van der Waals surface area contributed by atoms with Gasteiger partial charge in [-0.1, -0.05) is 30.3 Å². The lowest BCUT2D eigenvalue weighted by Crippen LogP contribution is -2.48. The van der Waals surface area contributed by atoms with E-state index in [9.17, 15) is 14.7 Å². The highest BCUT2D eigenvalue weighted by atomic mass is 16.6. The molecule has 2 saturated heterocycles. The maximum absolute atomic E-state index is 12.5. The highest BCUT2D eigenvalue weighted by Gasteiger charge is 2.46. The van der Waals surface area contributed by atoms with Crippen LogP contribution in [0.4, 0.5) is 0 Å². The zero-order valence-corrected chi connectivity index (χ0v) is 14.5. The van der Waals surface area contributed by atoms with E-state index >= 15 is 0 Å². The van der Waals surface area contributed by atoms with Crippen LogP contribution in [-0.2, 0) is 25.6 Å². The third-order valence-corrected chi connectivity index (χ3v) is 5.04. The van der Waals surface area contributed by atoms with Crippen molar-refractivity contribution in [2.75, 3.05) is 13.2 Å². The van der Waals surface area contributed by atoms with Crippen LogP contribution < -0.4 is 0 Å². The number of carbonyl (C=O) groups excluding carboxylic acids is 2. The molecule has 1 N–H and O–H groups in total. The molecule has 0 unspecified atom stereocenters. The van der Waals surface area contributed by atoms with E-state index in [2.05, 4.69) is 17.0 Å². The molecule has 0 saturated carbocycles. The molecule has 1 aromatic carbocycles. The van der Waals surface area contributed by atoms with Gasteiger partial charge in [-0.05, 0) is 24.9 Å². The molecule has 2 aliphatic rings. The van der Waals surface area contributed by atoms with Crippen molar-refractivity contribution in [1.82, 2.24) is 4.90 Å². The van der Waals surface area contributed by atoms with Crippen LogP contribution in [0.15, 0.2) is 30.3 Å². The van der Waals surface area contributed by atoms with Crippen molar-refractivity contribution >= 4 is 11.9 Å². The first-order valence-corrected chi connectivity index (χ1v) is 8.86. The lowest BCUT2D eigenvalue weighted by atomic mass is 9.88. The van der Waals surface area contributed by atoms with E-state index in [-0.39, 0.29) is 12.6 Å². The fourth-order valence-corrected chi connectivity index (χ4v) is 3.91. The summed E-state index contributed by atoms with van der Waals surface area (Å²) < 4.78 is 10.5. The number of benzene rings is 1. The first-order chi connectivity index (χ1) is 12.1. The SMILES string of the molecule is CC(=O)O[C@H]1CCOC(=O)[C@H]([C@H]2CCCN2Cc2ccccc2)[C@@H]1O. The quantitative estimate of drug-likeness (QED) is 0.832. The van der Waals surface area contributed by atoms with Gasteiger partial charge in [-0.2, -0.15) is 0 Å². The molecule has 2 aliphatic heterocycles. The number of ether oxygens (including phenoxy) is 2. The number of likely N-dealkylation sites (tertiary alicyclic amines) is 1. The van der Waals surface area contributed by atoms with Crippen LogP contribution in [0, 0.1) is 5.92 Å². The Balaban J connectivity index is 1.78. The van der Waals surface area contributed by atoms with E-state index in [4.69, 9.17) is 9.47 Å². The Morgan fingerprint density at radius 3 is 2.80 bits per heavy atom. The highest BCUT2D eigenvalue weighted by molar-refractivity contribution is 5.75. The van der Waals surface area contributed by atoms with Crippen molar-refractivity contribution in [3.05, 3.63) is 35.9 Å². The van der Waals surface area contributed by atoms with E-state index in [1.807, 2.05) is 18.2 Å². The van der Waals surface area contributed by atoms with Gasteiger partial charge in [0.1, 0.15) is 18.1 Å². The molecule has 0 spiro atoms. The lowest BCUT2D eigenvalue weighted by molar-refractivity contribution is -0.161. The van der Waals surface area contributed by atoms with Gasteiger partial charge in [0.2, 0.25) is 0 Å². The molecule has 3 rings (SSSR count). The minimum atomic E-state index is -1.04. The maximum Gasteiger partial charge on any atom is 0.313 e. The monoisotopic (exact) mass is 347 g/mol. The summed E-state index contributed by atoms with van der Waals surface area (Å²) in [5.41, 5.74) is 1.17. The normalized spacial score (nSPS) is 30.6. The van der Waals surface area contributed by atoms with Gasteiger partial charge < -0.3 is 14.6 Å². The highest BCUT2D eigenvalue weighted by Crippen LogP contribution is 2.32. The number of carbonyl (C=O) groups is 2. The minimum Gasteiger partial charge on any atom is -0.465 e. The second-order valence-electron chi connectivity index (χ2n) is 6.79. The molecule has 25 heavy (non-hydrogen) atoms. The molecule has 0 radical (unpaired) electrons. The Hall–Kier alpha value is -1.92. The third-order valence-electron chi connectivity index (χ3n) is 5.04. The summed E-state index contributed by atoms with van der Waals surface area (Å²) in [6.45, 7) is 3.07. The molecule has 136 valence electrons. The van der Waals surface area contributed by atoms with Crippen molar-refractivity contribution in [3.63, 3.8) is 0 Å². The van der Waals surface area contributed by atoms with Crippen molar-refractivity contribution in [1.29, 1.82) is 0 Å². The van der Waals surface area contributed by atoms with E-state index < -0.39 is 30.1 Å². The summed E-state index contributed by atoms with van der Waals surface area (Å²) in [7, 11) is 0. The van der Waals surface area contributed by atoms with Gasteiger partial charge in [-0.15, -0.1) is 0 Å². The van der Waals surface area contributed by atoms with E-state index in [0.717, 1.165) is 25.9 Å². The Morgan fingerprint density at radius 1 is 1.32 bits per heavy atom. The van der Waals surface area contributed by atoms with Crippen LogP contribution in [0.2, 0.25) is 0 Å². The van der Waals surface area contributed by atoms with Crippen LogP contribution in [0.5, 0.6) is 0 Å². The van der Waals surface area contributed by atoms with Crippen molar-refractivity contribution in [2.45, 2.75) is 51.0 Å². The lowest BCUT2D eigenvalue weighted by Gasteiger charge is -2.33. The van der Waals surface area contributed by atoms with Gasteiger partial charge in [0.25, 0.3) is 0 Å². The van der Waals surface area contributed by atoms with Gasteiger partial charge >= 0.3 is 11.9 Å². The topological polar surface area (TPSA) is 76.1 Å². The van der Waals surface area contributed by atoms with E-state index in [1.165, 1.54) is 12.5 Å². The first kappa shape index (κ1) is 17.9. The molecule has 0 aromatic heterocycles. The number of aliphatic hydroxyl groups excluding tert-OH is 1.